The summed E-state index contributed by atoms with van der Waals surface area (Å²) < 4.78 is 0. The number of hydrogen-bond donors (Lipinski definition) is 2. The van der Waals surface area contributed by atoms with Gasteiger partial charge in [-0.2, -0.15) is 0 Å². The van der Waals surface area contributed by atoms with E-state index in [1.807, 2.05) is 0 Å². The Hall–Kier alpha value is -2.84. The van der Waals surface area contributed by atoms with Gasteiger partial charge in [-0.1, -0.05) is 11.3 Å². The normalized spacial score (nSPS) is 20.4. The van der Waals surface area contributed by atoms with Crippen molar-refractivity contribution in [3.63, 3.8) is 0 Å². The molecule has 150 valence electrons. The lowest BCUT2D eigenvalue weighted by molar-refractivity contribution is -0.299. The molecule has 2 aliphatic carbocycles. The first kappa shape index (κ1) is 21.5. The molecule has 2 aliphatic rings. The van der Waals surface area contributed by atoms with Crippen molar-refractivity contribution in [1.82, 2.24) is 0 Å². The number of ketones is 4. The Bertz CT molecular complexity index is 865. The fourth-order valence-corrected chi connectivity index (χ4v) is 2.97. The second-order valence-corrected chi connectivity index (χ2v) is 6.90. The minimum Gasteiger partial charge on any atom is -0.872 e. The van der Waals surface area contributed by atoms with E-state index in [1.54, 1.807) is 0 Å². The molecular weight excluding hydrogens is 368 g/mol. The van der Waals surface area contributed by atoms with Crippen molar-refractivity contribution in [2.24, 2.45) is 0 Å². The van der Waals surface area contributed by atoms with Gasteiger partial charge >= 0.3 is 0 Å². The summed E-state index contributed by atoms with van der Waals surface area (Å²) in [5, 5.41) is 43.9. The van der Waals surface area contributed by atoms with Crippen LogP contribution in [0.4, 0.5) is 0 Å². The van der Waals surface area contributed by atoms with Gasteiger partial charge in [0.1, 0.15) is 0 Å². The van der Waals surface area contributed by atoms with Crippen LogP contribution in [0.15, 0.2) is 46.0 Å². The van der Waals surface area contributed by atoms with Gasteiger partial charge < -0.3 is 20.4 Å². The Balaban J connectivity index is 2.65. The van der Waals surface area contributed by atoms with Gasteiger partial charge in [0.2, 0.25) is 23.1 Å². The lowest BCUT2D eigenvalue weighted by atomic mass is 9.80. The zero-order valence-corrected chi connectivity index (χ0v) is 15.5. The molecule has 2 unspecified atom stereocenters. The van der Waals surface area contributed by atoms with Gasteiger partial charge in [-0.05, 0) is 57.3 Å². The third-order valence-corrected chi connectivity index (χ3v) is 4.48. The van der Waals surface area contributed by atoms with E-state index >= 15 is 0 Å². The van der Waals surface area contributed by atoms with Crippen LogP contribution in [0.3, 0.4) is 0 Å². The maximum absolute atomic E-state index is 12.8. The third-order valence-electron chi connectivity index (χ3n) is 4.48. The Morgan fingerprint density at radius 3 is 1.89 bits per heavy atom. The Labute approximate surface area is 161 Å². The van der Waals surface area contributed by atoms with Crippen LogP contribution in [0.25, 0.3) is 0 Å². The van der Waals surface area contributed by atoms with E-state index in [0.29, 0.717) is 6.08 Å². The minimum absolute atomic E-state index is 0.0164. The molecule has 0 bridgehead atoms. The largest absolute Gasteiger partial charge is 0.872 e. The van der Waals surface area contributed by atoms with E-state index in [-0.39, 0.29) is 36.8 Å². The summed E-state index contributed by atoms with van der Waals surface area (Å²) in [5.41, 5.74) is -1.76. The van der Waals surface area contributed by atoms with E-state index in [2.05, 4.69) is 0 Å². The van der Waals surface area contributed by atoms with Crippen molar-refractivity contribution in [2.45, 2.75) is 51.7 Å². The van der Waals surface area contributed by atoms with Crippen LogP contribution in [-0.4, -0.2) is 45.6 Å². The Morgan fingerprint density at radius 1 is 0.821 bits per heavy atom. The lowest BCUT2D eigenvalue weighted by Gasteiger charge is -2.30. The number of hydrogen-bond acceptors (Lipinski definition) is 8. The molecule has 0 amide bonds. The zero-order valence-electron chi connectivity index (χ0n) is 15.5. The van der Waals surface area contributed by atoms with Gasteiger partial charge in [0, 0.05) is 11.1 Å². The van der Waals surface area contributed by atoms with E-state index in [9.17, 15) is 39.6 Å². The predicted octanol–water partition coefficient (Wildman–Crippen LogP) is -1.31. The minimum atomic E-state index is -1.26. The fourth-order valence-electron chi connectivity index (χ4n) is 2.97. The van der Waals surface area contributed by atoms with Crippen molar-refractivity contribution in [3.8, 4) is 0 Å². The third kappa shape index (κ3) is 4.35. The van der Waals surface area contributed by atoms with Crippen molar-refractivity contribution in [3.05, 3.63) is 46.0 Å². The molecule has 0 heterocycles. The molecule has 8 heteroatoms. The van der Waals surface area contributed by atoms with Crippen LogP contribution in [0.5, 0.6) is 0 Å². The second-order valence-electron chi connectivity index (χ2n) is 6.90. The topological polar surface area (TPSA) is 155 Å². The molecule has 0 aliphatic heterocycles. The molecule has 0 aromatic carbocycles. The van der Waals surface area contributed by atoms with Crippen molar-refractivity contribution < 1.29 is 39.6 Å². The molecule has 2 N–H and O–H groups in total. The molecule has 0 aromatic heterocycles. The molecule has 8 nitrogen and oxygen atoms in total. The average molecular weight is 388 g/mol. The van der Waals surface area contributed by atoms with Crippen LogP contribution in [-0.2, 0) is 19.2 Å². The molecule has 2 atom stereocenters. The molecule has 28 heavy (non-hydrogen) atoms. The number of allylic oxidation sites excluding steroid dienone is 6. The van der Waals surface area contributed by atoms with Crippen LogP contribution in [0.1, 0.15) is 39.5 Å². The van der Waals surface area contributed by atoms with E-state index in [4.69, 9.17) is 0 Å². The monoisotopic (exact) mass is 388 g/mol. The van der Waals surface area contributed by atoms with E-state index in [1.165, 1.54) is 13.8 Å². The number of Topliss-reactive ketones (excluding diaryl/α,β-unsaturated/α-hetero) is 2. The highest BCUT2D eigenvalue weighted by Gasteiger charge is 2.35. The summed E-state index contributed by atoms with van der Waals surface area (Å²) in [6.07, 6.45) is -0.138. The highest BCUT2D eigenvalue weighted by Crippen LogP contribution is 2.33. The highest BCUT2D eigenvalue weighted by atomic mass is 16.3. The summed E-state index contributed by atoms with van der Waals surface area (Å²) in [6.45, 7) is 2.94. The molecule has 0 fully saturated rings. The summed E-state index contributed by atoms with van der Waals surface area (Å²) in [4.78, 5) is 48.8. The molecule has 0 saturated carbocycles. The van der Waals surface area contributed by atoms with Crippen LogP contribution in [0.2, 0.25) is 0 Å². The summed E-state index contributed by atoms with van der Waals surface area (Å²) >= 11 is 0. The number of aliphatic hydroxyl groups excluding tert-OH is 2. The van der Waals surface area contributed by atoms with E-state index in [0.717, 1.165) is 6.08 Å². The Morgan fingerprint density at radius 2 is 1.32 bits per heavy atom. The molecule has 0 radical (unpaired) electrons. The summed E-state index contributed by atoms with van der Waals surface area (Å²) in [5.74, 6) is -6.43. The van der Waals surface area contributed by atoms with Gasteiger partial charge in [-0.3, -0.25) is 19.2 Å². The standard InChI is InChI=1S/C20H22O8/c1-9(21)3-5-11-7-14(24)20(28)17(18(11)26)16-12(6-4-10(2)22)13(23)8-15(25)19(16)27/h7-10,21-23,26H,3-6H2,1-2H3/p-2. The predicted molar refractivity (Wildman–Crippen MR) is 92.1 cm³/mol. The average Bonchev–Trinajstić information content (AvgIpc) is 2.60. The van der Waals surface area contributed by atoms with Gasteiger partial charge in [0.05, 0.1) is 12.2 Å². The van der Waals surface area contributed by atoms with Gasteiger partial charge in [0.15, 0.2) is 0 Å². The van der Waals surface area contributed by atoms with Gasteiger partial charge in [-0.25, -0.2) is 0 Å². The molecule has 0 saturated heterocycles. The maximum Gasteiger partial charge on any atom is 0.233 e. The summed E-state index contributed by atoms with van der Waals surface area (Å²) in [7, 11) is 0. The SMILES string of the molecule is CC(O)CCC1=CC(=O)C(=O)C(C2=C(CCC(C)O)C([O-])=CC(=O)C2=O)=C1[O-]. The van der Waals surface area contributed by atoms with E-state index < -0.39 is 58.0 Å². The van der Waals surface area contributed by atoms with Crippen LogP contribution in [0, 0.1) is 0 Å². The second kappa shape index (κ2) is 8.45. The first-order valence-electron chi connectivity index (χ1n) is 8.82. The molecule has 2 rings (SSSR count). The van der Waals surface area contributed by atoms with Crippen LogP contribution < -0.4 is 10.2 Å². The first-order valence-corrected chi connectivity index (χ1v) is 8.82. The molecular formula is C20H20O8-2. The van der Waals surface area contributed by atoms with Crippen molar-refractivity contribution in [2.75, 3.05) is 0 Å². The lowest BCUT2D eigenvalue weighted by Crippen LogP contribution is -2.34. The number of aliphatic hydroxyl groups is 2. The van der Waals surface area contributed by atoms with Crippen molar-refractivity contribution in [1.29, 1.82) is 0 Å². The first-order chi connectivity index (χ1) is 13.0. The molecule has 0 aromatic rings. The van der Waals surface area contributed by atoms with Crippen molar-refractivity contribution >= 4 is 23.1 Å². The number of rotatable bonds is 7. The molecule has 0 spiro atoms. The van der Waals surface area contributed by atoms with Gasteiger partial charge in [0.25, 0.3) is 0 Å². The smallest absolute Gasteiger partial charge is 0.233 e. The zero-order chi connectivity index (χ0) is 21.2. The fraction of sp³-hybridized carbons (Fsp3) is 0.400. The maximum atomic E-state index is 12.8. The Kier molecular flexibility index (Phi) is 6.48. The highest BCUT2D eigenvalue weighted by molar-refractivity contribution is 6.56. The number of carbonyl (C=O) groups is 4. The van der Waals surface area contributed by atoms with Crippen LogP contribution >= 0.6 is 0 Å². The summed E-state index contributed by atoms with van der Waals surface area (Å²) in [6, 6.07) is 0. The quantitative estimate of drug-likeness (QED) is 0.402. The number of carbonyl (C=O) groups excluding carboxylic acids is 4. The van der Waals surface area contributed by atoms with Gasteiger partial charge in [-0.15, -0.1) is 5.76 Å².